The number of hydrogen-bond acceptors (Lipinski definition) is 4. The highest BCUT2D eigenvalue weighted by Crippen LogP contribution is 2.18. The van der Waals surface area contributed by atoms with E-state index in [0.717, 1.165) is 17.1 Å². The Morgan fingerprint density at radius 3 is 2.58 bits per heavy atom. The zero-order valence-electron chi connectivity index (χ0n) is 12.4. The lowest BCUT2D eigenvalue weighted by atomic mass is 9.95. The van der Waals surface area contributed by atoms with Crippen LogP contribution in [0.5, 0.6) is 0 Å². The molecule has 1 aromatic rings. The number of aromatic nitrogens is 1. The minimum atomic E-state index is -0.854. The second-order valence-corrected chi connectivity index (χ2v) is 6.96. The summed E-state index contributed by atoms with van der Waals surface area (Å²) in [5.41, 5.74) is -0.102. The molecule has 0 bridgehead atoms. The van der Waals surface area contributed by atoms with Gasteiger partial charge < -0.3 is 10.4 Å². The monoisotopic (exact) mass is 284 g/mol. The largest absolute Gasteiger partial charge is 0.388 e. The van der Waals surface area contributed by atoms with E-state index < -0.39 is 5.60 Å². The number of carbonyl (C=O) groups is 1. The number of amides is 1. The molecule has 5 heteroatoms. The maximum absolute atomic E-state index is 12.0. The summed E-state index contributed by atoms with van der Waals surface area (Å²) >= 11 is 1.39. The first-order valence-corrected chi connectivity index (χ1v) is 7.47. The van der Waals surface area contributed by atoms with Gasteiger partial charge in [0.1, 0.15) is 4.88 Å². The number of rotatable bonds is 6. The smallest absolute Gasteiger partial charge is 0.263 e. The van der Waals surface area contributed by atoms with Crippen molar-refractivity contribution in [2.75, 3.05) is 6.54 Å². The standard InChI is InChI=1S/C14H24N2O2S/c1-9(2)6-7-14(5,18)8-15-13(17)12-10(3)16-11(4)19-12/h9,18H,6-8H2,1-5H3,(H,15,17). The van der Waals surface area contributed by atoms with E-state index in [1.807, 2.05) is 13.8 Å². The van der Waals surface area contributed by atoms with Crippen molar-refractivity contribution in [1.82, 2.24) is 10.3 Å². The molecule has 2 N–H and O–H groups in total. The SMILES string of the molecule is Cc1nc(C)c(C(=O)NCC(C)(O)CCC(C)C)s1. The fourth-order valence-electron chi connectivity index (χ4n) is 1.78. The summed E-state index contributed by atoms with van der Waals surface area (Å²) in [6, 6.07) is 0. The quantitative estimate of drug-likeness (QED) is 0.844. The first-order chi connectivity index (χ1) is 8.71. The molecule has 1 rings (SSSR count). The maximum Gasteiger partial charge on any atom is 0.263 e. The van der Waals surface area contributed by atoms with E-state index in [1.54, 1.807) is 6.92 Å². The van der Waals surface area contributed by atoms with Crippen LogP contribution in [0.15, 0.2) is 0 Å². The first-order valence-electron chi connectivity index (χ1n) is 6.66. The lowest BCUT2D eigenvalue weighted by Gasteiger charge is -2.24. The third-order valence-corrected chi connectivity index (χ3v) is 4.07. The van der Waals surface area contributed by atoms with Crippen LogP contribution >= 0.6 is 11.3 Å². The van der Waals surface area contributed by atoms with Crippen molar-refractivity contribution in [3.63, 3.8) is 0 Å². The number of thiazole rings is 1. The van der Waals surface area contributed by atoms with Crippen molar-refractivity contribution in [2.24, 2.45) is 5.92 Å². The van der Waals surface area contributed by atoms with Crippen molar-refractivity contribution >= 4 is 17.2 Å². The van der Waals surface area contributed by atoms with E-state index in [-0.39, 0.29) is 12.5 Å². The van der Waals surface area contributed by atoms with Crippen molar-refractivity contribution < 1.29 is 9.90 Å². The first kappa shape index (κ1) is 16.1. The van der Waals surface area contributed by atoms with Crippen LogP contribution in [-0.4, -0.2) is 28.1 Å². The van der Waals surface area contributed by atoms with Crippen LogP contribution in [-0.2, 0) is 0 Å². The summed E-state index contributed by atoms with van der Waals surface area (Å²) in [6.45, 7) is 9.99. The Morgan fingerprint density at radius 2 is 2.11 bits per heavy atom. The highest BCUT2D eigenvalue weighted by Gasteiger charge is 2.23. The van der Waals surface area contributed by atoms with Gasteiger partial charge in [-0.1, -0.05) is 13.8 Å². The lowest BCUT2D eigenvalue weighted by Crippen LogP contribution is -2.40. The Kier molecular flexibility index (Phi) is 5.50. The third kappa shape index (κ3) is 5.28. The molecule has 1 atom stereocenters. The van der Waals surface area contributed by atoms with Crippen molar-refractivity contribution in [2.45, 2.75) is 53.1 Å². The summed E-state index contributed by atoms with van der Waals surface area (Å²) in [5, 5.41) is 13.9. The maximum atomic E-state index is 12.0. The predicted octanol–water partition coefficient (Wildman–Crippen LogP) is 2.68. The van der Waals surface area contributed by atoms with E-state index in [2.05, 4.69) is 24.1 Å². The molecule has 0 aliphatic heterocycles. The second kappa shape index (κ2) is 6.48. The van der Waals surface area contributed by atoms with Crippen LogP contribution in [0.2, 0.25) is 0 Å². The van der Waals surface area contributed by atoms with Crippen LogP contribution in [0.25, 0.3) is 0 Å². The molecule has 19 heavy (non-hydrogen) atoms. The zero-order chi connectivity index (χ0) is 14.6. The topological polar surface area (TPSA) is 62.2 Å². The molecule has 0 spiro atoms. The molecule has 0 aromatic carbocycles. The van der Waals surface area contributed by atoms with Gasteiger partial charge in [-0.05, 0) is 39.5 Å². The molecule has 0 fully saturated rings. The van der Waals surface area contributed by atoms with Crippen molar-refractivity contribution in [3.8, 4) is 0 Å². The van der Waals surface area contributed by atoms with E-state index in [4.69, 9.17) is 0 Å². The van der Waals surface area contributed by atoms with Gasteiger partial charge in [0.15, 0.2) is 0 Å². The van der Waals surface area contributed by atoms with Crippen LogP contribution < -0.4 is 5.32 Å². The number of hydrogen-bond donors (Lipinski definition) is 2. The molecular weight excluding hydrogens is 260 g/mol. The van der Waals surface area contributed by atoms with Crippen LogP contribution in [0, 0.1) is 19.8 Å². The molecule has 0 aliphatic carbocycles. The van der Waals surface area contributed by atoms with Crippen LogP contribution in [0.4, 0.5) is 0 Å². The van der Waals surface area contributed by atoms with Gasteiger partial charge in [-0.3, -0.25) is 4.79 Å². The Bertz CT molecular complexity index is 439. The third-order valence-electron chi connectivity index (χ3n) is 3.00. The number of aryl methyl sites for hydroxylation is 2. The van der Waals surface area contributed by atoms with Crippen LogP contribution in [0.3, 0.4) is 0 Å². The highest BCUT2D eigenvalue weighted by molar-refractivity contribution is 7.13. The summed E-state index contributed by atoms with van der Waals surface area (Å²) in [7, 11) is 0. The Morgan fingerprint density at radius 1 is 1.47 bits per heavy atom. The van der Waals surface area contributed by atoms with Crippen molar-refractivity contribution in [1.29, 1.82) is 0 Å². The number of aliphatic hydroxyl groups is 1. The summed E-state index contributed by atoms with van der Waals surface area (Å²) in [6.07, 6.45) is 1.63. The summed E-state index contributed by atoms with van der Waals surface area (Å²) < 4.78 is 0. The fraction of sp³-hybridized carbons (Fsp3) is 0.714. The molecule has 108 valence electrons. The fourth-order valence-corrected chi connectivity index (χ4v) is 2.62. The number of nitrogens with zero attached hydrogens (tertiary/aromatic N) is 1. The van der Waals surface area contributed by atoms with Gasteiger partial charge >= 0.3 is 0 Å². The lowest BCUT2D eigenvalue weighted by molar-refractivity contribution is 0.0430. The molecule has 4 nitrogen and oxygen atoms in total. The van der Waals surface area contributed by atoms with Crippen LogP contribution in [0.1, 0.15) is 54.0 Å². The van der Waals surface area contributed by atoms with Gasteiger partial charge in [-0.2, -0.15) is 0 Å². The van der Waals surface area contributed by atoms with E-state index in [0.29, 0.717) is 17.2 Å². The molecule has 0 radical (unpaired) electrons. The highest BCUT2D eigenvalue weighted by atomic mass is 32.1. The van der Waals surface area contributed by atoms with Gasteiger partial charge in [-0.25, -0.2) is 4.98 Å². The molecule has 0 saturated carbocycles. The Balaban J connectivity index is 2.52. The average molecular weight is 284 g/mol. The molecule has 1 unspecified atom stereocenters. The number of carbonyl (C=O) groups excluding carboxylic acids is 1. The normalized spacial score (nSPS) is 14.5. The zero-order valence-corrected chi connectivity index (χ0v) is 13.2. The minimum absolute atomic E-state index is 0.145. The van der Waals surface area contributed by atoms with Gasteiger partial charge in [0.25, 0.3) is 5.91 Å². The summed E-state index contributed by atoms with van der Waals surface area (Å²) in [5.74, 6) is 0.404. The predicted molar refractivity (Wildman–Crippen MR) is 78.6 cm³/mol. The molecule has 1 aromatic heterocycles. The second-order valence-electron chi connectivity index (χ2n) is 5.76. The molecule has 0 aliphatic rings. The van der Waals surface area contributed by atoms with E-state index >= 15 is 0 Å². The van der Waals surface area contributed by atoms with E-state index in [9.17, 15) is 9.90 Å². The van der Waals surface area contributed by atoms with Gasteiger partial charge in [0, 0.05) is 6.54 Å². The molecule has 1 amide bonds. The summed E-state index contributed by atoms with van der Waals surface area (Å²) in [4.78, 5) is 16.9. The van der Waals surface area contributed by atoms with Gasteiger partial charge in [-0.15, -0.1) is 11.3 Å². The Labute approximate surface area is 119 Å². The Hall–Kier alpha value is -0.940. The minimum Gasteiger partial charge on any atom is -0.388 e. The molecule has 0 saturated heterocycles. The van der Waals surface area contributed by atoms with E-state index in [1.165, 1.54) is 11.3 Å². The van der Waals surface area contributed by atoms with Crippen molar-refractivity contribution in [3.05, 3.63) is 15.6 Å². The van der Waals surface area contributed by atoms with Gasteiger partial charge in [0.05, 0.1) is 16.3 Å². The van der Waals surface area contributed by atoms with Gasteiger partial charge in [0.2, 0.25) is 0 Å². The average Bonchev–Trinajstić information content (AvgIpc) is 2.63. The molecular formula is C14H24N2O2S. The number of nitrogens with one attached hydrogen (secondary N) is 1. The molecule has 1 heterocycles.